The summed E-state index contributed by atoms with van der Waals surface area (Å²) in [5.74, 6) is 0. The summed E-state index contributed by atoms with van der Waals surface area (Å²) in [6, 6.07) is 5.60. The van der Waals surface area contributed by atoms with Crippen molar-refractivity contribution in [3.8, 4) is 0 Å². The minimum atomic E-state index is -0.487. The molecule has 3 heteroatoms. The maximum absolute atomic E-state index is 9.32. The Morgan fingerprint density at radius 3 is 2.92 bits per heavy atom. The first kappa shape index (κ1) is 8.13. The summed E-state index contributed by atoms with van der Waals surface area (Å²) in [5.41, 5.74) is 2.47. The average molecular weight is 174 g/mol. The molecule has 66 valence electrons. The topological polar surface area (TPSA) is 46.0 Å². The zero-order chi connectivity index (χ0) is 9.26. The number of nitrogens with zero attached hydrogens (tertiary/aromatic N) is 2. The van der Waals surface area contributed by atoms with Crippen LogP contribution in [0.3, 0.4) is 0 Å². The highest BCUT2D eigenvalue weighted by Crippen LogP contribution is 2.15. The molecule has 1 atom stereocenters. The Labute approximate surface area is 76.1 Å². The monoisotopic (exact) mass is 174 g/mol. The maximum atomic E-state index is 9.32. The summed E-state index contributed by atoms with van der Waals surface area (Å²) in [4.78, 5) is 8.33. The van der Waals surface area contributed by atoms with Gasteiger partial charge in [-0.2, -0.15) is 0 Å². The van der Waals surface area contributed by atoms with E-state index in [1.807, 2.05) is 18.2 Å². The maximum Gasteiger partial charge on any atom is 0.0890 e. The fraction of sp³-hybridized carbons (Fsp3) is 0.200. The summed E-state index contributed by atoms with van der Waals surface area (Å²) in [7, 11) is 0. The van der Waals surface area contributed by atoms with Crippen molar-refractivity contribution >= 4 is 11.0 Å². The van der Waals surface area contributed by atoms with Crippen molar-refractivity contribution in [3.05, 3.63) is 36.2 Å². The van der Waals surface area contributed by atoms with Crippen LogP contribution in [0.5, 0.6) is 0 Å². The number of rotatable bonds is 1. The average Bonchev–Trinajstić information content (AvgIpc) is 2.17. The first-order chi connectivity index (χ1) is 6.27. The van der Waals surface area contributed by atoms with Crippen molar-refractivity contribution in [1.82, 2.24) is 9.97 Å². The molecule has 0 aliphatic heterocycles. The van der Waals surface area contributed by atoms with Crippen molar-refractivity contribution in [2.24, 2.45) is 0 Å². The van der Waals surface area contributed by atoms with E-state index in [2.05, 4.69) is 9.97 Å². The number of fused-ring (bicyclic) bond motifs is 1. The summed E-state index contributed by atoms with van der Waals surface area (Å²) in [5, 5.41) is 9.32. The van der Waals surface area contributed by atoms with E-state index in [1.165, 1.54) is 0 Å². The van der Waals surface area contributed by atoms with Gasteiger partial charge in [-0.05, 0) is 25.1 Å². The van der Waals surface area contributed by atoms with Crippen molar-refractivity contribution < 1.29 is 5.11 Å². The van der Waals surface area contributed by atoms with Crippen LogP contribution in [0, 0.1) is 0 Å². The molecular formula is C10H10N2O. The molecule has 0 saturated carbocycles. The highest BCUT2D eigenvalue weighted by atomic mass is 16.3. The fourth-order valence-electron chi connectivity index (χ4n) is 1.20. The number of pyridine rings is 2. The Morgan fingerprint density at radius 2 is 2.15 bits per heavy atom. The van der Waals surface area contributed by atoms with Gasteiger partial charge < -0.3 is 5.11 Å². The lowest BCUT2D eigenvalue weighted by molar-refractivity contribution is 0.199. The Hall–Kier alpha value is -1.48. The van der Waals surface area contributed by atoms with Crippen molar-refractivity contribution in [3.63, 3.8) is 0 Å². The Balaban J connectivity index is 2.62. The molecule has 13 heavy (non-hydrogen) atoms. The van der Waals surface area contributed by atoms with E-state index in [9.17, 15) is 5.11 Å². The smallest absolute Gasteiger partial charge is 0.0890 e. The number of aromatic nitrogens is 2. The molecule has 0 aliphatic carbocycles. The van der Waals surface area contributed by atoms with E-state index in [-0.39, 0.29) is 0 Å². The van der Waals surface area contributed by atoms with Crippen LogP contribution < -0.4 is 0 Å². The summed E-state index contributed by atoms with van der Waals surface area (Å²) in [6.07, 6.45) is 2.91. The van der Waals surface area contributed by atoms with E-state index in [0.717, 1.165) is 16.6 Å². The standard InChI is InChI=1S/C10H10N2O/c1-7(13)8-5-10-9(12-6-8)3-2-4-11-10/h2-7,13H,1H3/t7-/m0/s1. The largest absolute Gasteiger partial charge is 0.389 e. The van der Waals surface area contributed by atoms with Gasteiger partial charge in [-0.3, -0.25) is 9.97 Å². The molecule has 0 aliphatic rings. The zero-order valence-electron chi connectivity index (χ0n) is 7.31. The van der Waals surface area contributed by atoms with Gasteiger partial charge in [-0.1, -0.05) is 0 Å². The summed E-state index contributed by atoms with van der Waals surface area (Å²) in [6.45, 7) is 1.71. The van der Waals surface area contributed by atoms with Gasteiger partial charge in [-0.25, -0.2) is 0 Å². The van der Waals surface area contributed by atoms with Gasteiger partial charge in [0.1, 0.15) is 0 Å². The minimum absolute atomic E-state index is 0.487. The molecule has 2 heterocycles. The number of hydrogen-bond acceptors (Lipinski definition) is 3. The lowest BCUT2D eigenvalue weighted by atomic mass is 10.1. The van der Waals surface area contributed by atoms with Gasteiger partial charge in [0.05, 0.1) is 17.1 Å². The van der Waals surface area contributed by atoms with Crippen molar-refractivity contribution in [1.29, 1.82) is 0 Å². The third-order valence-electron chi connectivity index (χ3n) is 1.95. The Bertz CT molecular complexity index is 426. The summed E-state index contributed by atoms with van der Waals surface area (Å²) < 4.78 is 0. The first-order valence-corrected chi connectivity index (χ1v) is 4.16. The second-order valence-electron chi connectivity index (χ2n) is 2.99. The second kappa shape index (κ2) is 3.11. The lowest BCUT2D eigenvalue weighted by Gasteiger charge is -2.03. The minimum Gasteiger partial charge on any atom is -0.389 e. The predicted octanol–water partition coefficient (Wildman–Crippen LogP) is 1.68. The highest BCUT2D eigenvalue weighted by Gasteiger charge is 2.02. The number of hydrogen-bond donors (Lipinski definition) is 1. The Morgan fingerprint density at radius 1 is 1.31 bits per heavy atom. The van der Waals surface area contributed by atoms with Crippen LogP contribution in [0.1, 0.15) is 18.6 Å². The van der Waals surface area contributed by atoms with E-state index in [0.29, 0.717) is 0 Å². The molecule has 2 aromatic heterocycles. The van der Waals surface area contributed by atoms with Crippen LogP contribution in [-0.4, -0.2) is 15.1 Å². The molecule has 2 rings (SSSR count). The second-order valence-corrected chi connectivity index (χ2v) is 2.99. The molecule has 0 radical (unpaired) electrons. The molecule has 0 saturated heterocycles. The SMILES string of the molecule is C[C@H](O)c1cnc2cccnc2c1. The lowest BCUT2D eigenvalue weighted by Crippen LogP contribution is -1.93. The van der Waals surface area contributed by atoms with Crippen LogP contribution in [0.15, 0.2) is 30.6 Å². The molecule has 0 bridgehead atoms. The fourth-order valence-corrected chi connectivity index (χ4v) is 1.20. The van der Waals surface area contributed by atoms with Gasteiger partial charge in [-0.15, -0.1) is 0 Å². The summed E-state index contributed by atoms with van der Waals surface area (Å²) >= 11 is 0. The normalized spacial score (nSPS) is 13.1. The molecule has 0 aromatic carbocycles. The molecule has 0 amide bonds. The number of aliphatic hydroxyl groups is 1. The molecule has 0 fully saturated rings. The molecule has 3 nitrogen and oxygen atoms in total. The van der Waals surface area contributed by atoms with Crippen molar-refractivity contribution in [2.45, 2.75) is 13.0 Å². The Kier molecular flexibility index (Phi) is 1.94. The van der Waals surface area contributed by atoms with Crippen LogP contribution in [0.2, 0.25) is 0 Å². The highest BCUT2D eigenvalue weighted by molar-refractivity contribution is 5.73. The molecule has 2 aromatic rings. The van der Waals surface area contributed by atoms with Gasteiger partial charge in [0.2, 0.25) is 0 Å². The van der Waals surface area contributed by atoms with E-state index in [4.69, 9.17) is 0 Å². The van der Waals surface area contributed by atoms with Gasteiger partial charge >= 0.3 is 0 Å². The third kappa shape index (κ3) is 1.51. The first-order valence-electron chi connectivity index (χ1n) is 4.16. The third-order valence-corrected chi connectivity index (χ3v) is 1.95. The number of aliphatic hydroxyl groups excluding tert-OH is 1. The molecular weight excluding hydrogens is 164 g/mol. The van der Waals surface area contributed by atoms with Crippen LogP contribution in [-0.2, 0) is 0 Å². The quantitative estimate of drug-likeness (QED) is 0.715. The molecule has 0 unspecified atom stereocenters. The zero-order valence-corrected chi connectivity index (χ0v) is 7.31. The van der Waals surface area contributed by atoms with Gasteiger partial charge in [0.25, 0.3) is 0 Å². The predicted molar refractivity (Wildman–Crippen MR) is 50.2 cm³/mol. The van der Waals surface area contributed by atoms with E-state index in [1.54, 1.807) is 19.3 Å². The van der Waals surface area contributed by atoms with E-state index < -0.39 is 6.10 Å². The van der Waals surface area contributed by atoms with Gasteiger partial charge in [0.15, 0.2) is 0 Å². The van der Waals surface area contributed by atoms with Crippen LogP contribution in [0.25, 0.3) is 11.0 Å². The van der Waals surface area contributed by atoms with Gasteiger partial charge in [0, 0.05) is 18.0 Å². The van der Waals surface area contributed by atoms with Crippen molar-refractivity contribution in [2.75, 3.05) is 0 Å². The van der Waals surface area contributed by atoms with Crippen LogP contribution >= 0.6 is 0 Å². The van der Waals surface area contributed by atoms with E-state index >= 15 is 0 Å². The molecule has 1 N–H and O–H groups in total. The molecule has 0 spiro atoms. The van der Waals surface area contributed by atoms with Crippen LogP contribution in [0.4, 0.5) is 0 Å².